The first-order valence-corrected chi connectivity index (χ1v) is 7.54. The molecule has 0 amide bonds. The molecule has 0 aliphatic rings. The van der Waals surface area contributed by atoms with Crippen molar-refractivity contribution in [1.82, 2.24) is 10.5 Å². The topological polar surface area (TPSA) is 47.3 Å². The van der Waals surface area contributed by atoms with Crippen LogP contribution in [0.5, 0.6) is 5.75 Å². The Hall–Kier alpha value is -0.940. The Bertz CT molecular complexity index is 614. The molecule has 1 heterocycles. The lowest BCUT2D eigenvalue weighted by Crippen LogP contribution is -2.21. The van der Waals surface area contributed by atoms with Gasteiger partial charge in [-0.05, 0) is 6.07 Å². The van der Waals surface area contributed by atoms with Gasteiger partial charge in [0.2, 0.25) is 0 Å². The summed E-state index contributed by atoms with van der Waals surface area (Å²) in [5.74, 6) is 1.06. The third-order valence-corrected chi connectivity index (χ3v) is 3.66. The highest BCUT2D eigenvalue weighted by Gasteiger charge is 2.10. The Morgan fingerprint density at radius 2 is 1.86 bits per heavy atom. The second-order valence-electron chi connectivity index (χ2n) is 4.81. The molecule has 0 spiro atoms. The van der Waals surface area contributed by atoms with Gasteiger partial charge in [-0.2, -0.15) is 0 Å². The van der Waals surface area contributed by atoms with E-state index in [-0.39, 0.29) is 6.61 Å². The van der Waals surface area contributed by atoms with Crippen molar-refractivity contribution in [2.24, 2.45) is 0 Å². The summed E-state index contributed by atoms with van der Waals surface area (Å²) in [5.41, 5.74) is 0.822. The van der Waals surface area contributed by atoms with Crippen LogP contribution in [-0.4, -0.2) is 11.2 Å². The van der Waals surface area contributed by atoms with Crippen LogP contribution in [0.4, 0.5) is 0 Å². The summed E-state index contributed by atoms with van der Waals surface area (Å²) < 4.78 is 10.8. The zero-order valence-corrected chi connectivity index (χ0v) is 13.9. The molecule has 2 rings (SSSR count). The van der Waals surface area contributed by atoms with Gasteiger partial charge in [-0.15, -0.1) is 0 Å². The molecular weight excluding hydrogens is 335 g/mol. The third-order valence-electron chi connectivity index (χ3n) is 2.64. The molecule has 0 aliphatic carbocycles. The van der Waals surface area contributed by atoms with Crippen LogP contribution in [0.1, 0.15) is 25.3 Å². The van der Waals surface area contributed by atoms with Crippen LogP contribution in [-0.2, 0) is 13.2 Å². The van der Waals surface area contributed by atoms with Crippen LogP contribution in [0.2, 0.25) is 15.1 Å². The van der Waals surface area contributed by atoms with E-state index >= 15 is 0 Å². The molecule has 2 aromatic rings. The van der Waals surface area contributed by atoms with Gasteiger partial charge in [-0.25, -0.2) is 0 Å². The molecule has 0 unspecified atom stereocenters. The molecule has 4 nitrogen and oxygen atoms in total. The lowest BCUT2D eigenvalue weighted by molar-refractivity contribution is 0.248. The smallest absolute Gasteiger partial charge is 0.174 e. The van der Waals surface area contributed by atoms with Gasteiger partial charge in [-0.1, -0.05) is 53.8 Å². The standard InChI is InChI=1S/C14H15Cl3N2O2/c1-8(2)18-6-9-3-10(21-19-9)7-20-14-5-12(16)11(15)4-13(14)17/h3-5,8,18H,6-7H2,1-2H3. The highest BCUT2D eigenvalue weighted by Crippen LogP contribution is 2.34. The molecule has 0 fully saturated rings. The van der Waals surface area contributed by atoms with E-state index in [1.165, 1.54) is 0 Å². The summed E-state index contributed by atoms with van der Waals surface area (Å²) in [6, 6.07) is 5.33. The fourth-order valence-electron chi connectivity index (χ4n) is 1.58. The summed E-state index contributed by atoms with van der Waals surface area (Å²) in [4.78, 5) is 0. The van der Waals surface area contributed by atoms with Crippen molar-refractivity contribution in [3.63, 3.8) is 0 Å². The first-order valence-electron chi connectivity index (χ1n) is 6.41. The Balaban J connectivity index is 1.96. The van der Waals surface area contributed by atoms with E-state index in [4.69, 9.17) is 44.1 Å². The minimum absolute atomic E-state index is 0.215. The fourth-order valence-corrected chi connectivity index (χ4v) is 2.17. The van der Waals surface area contributed by atoms with Crippen LogP contribution in [0.25, 0.3) is 0 Å². The lowest BCUT2D eigenvalue weighted by atomic mass is 10.3. The number of benzene rings is 1. The second kappa shape index (κ2) is 7.36. The van der Waals surface area contributed by atoms with E-state index in [1.54, 1.807) is 12.1 Å². The molecule has 1 N–H and O–H groups in total. The van der Waals surface area contributed by atoms with Crippen molar-refractivity contribution in [1.29, 1.82) is 0 Å². The van der Waals surface area contributed by atoms with Crippen molar-refractivity contribution in [2.75, 3.05) is 0 Å². The second-order valence-corrected chi connectivity index (χ2v) is 6.03. The zero-order chi connectivity index (χ0) is 15.4. The van der Waals surface area contributed by atoms with E-state index in [0.29, 0.717) is 39.2 Å². The number of hydrogen-bond donors (Lipinski definition) is 1. The summed E-state index contributed by atoms with van der Waals surface area (Å²) >= 11 is 17.8. The van der Waals surface area contributed by atoms with Crippen LogP contribution < -0.4 is 10.1 Å². The Morgan fingerprint density at radius 3 is 2.57 bits per heavy atom. The molecule has 0 radical (unpaired) electrons. The molecule has 7 heteroatoms. The quantitative estimate of drug-likeness (QED) is 0.767. The number of ether oxygens (including phenoxy) is 1. The number of aromatic nitrogens is 1. The minimum atomic E-state index is 0.215. The van der Waals surface area contributed by atoms with Gasteiger partial charge >= 0.3 is 0 Å². The number of halogens is 3. The Morgan fingerprint density at radius 1 is 1.14 bits per heavy atom. The molecule has 0 saturated heterocycles. The van der Waals surface area contributed by atoms with Crippen molar-refractivity contribution < 1.29 is 9.26 Å². The van der Waals surface area contributed by atoms with Crippen LogP contribution in [0.15, 0.2) is 22.7 Å². The van der Waals surface area contributed by atoms with Gasteiger partial charge in [0, 0.05) is 24.7 Å². The maximum atomic E-state index is 6.03. The van der Waals surface area contributed by atoms with Crippen LogP contribution in [0, 0.1) is 0 Å². The highest BCUT2D eigenvalue weighted by atomic mass is 35.5. The molecule has 0 atom stereocenters. The number of rotatable bonds is 6. The monoisotopic (exact) mass is 348 g/mol. The maximum absolute atomic E-state index is 6.03. The first-order chi connectivity index (χ1) is 9.95. The van der Waals surface area contributed by atoms with E-state index in [2.05, 4.69) is 24.3 Å². The SMILES string of the molecule is CC(C)NCc1cc(COc2cc(Cl)c(Cl)cc2Cl)on1. The molecule has 0 aliphatic heterocycles. The fraction of sp³-hybridized carbons (Fsp3) is 0.357. The third kappa shape index (κ3) is 4.78. The van der Waals surface area contributed by atoms with Crippen molar-refractivity contribution in [3.05, 3.63) is 44.7 Å². The van der Waals surface area contributed by atoms with Gasteiger partial charge in [0.15, 0.2) is 5.76 Å². The van der Waals surface area contributed by atoms with Gasteiger partial charge in [0.25, 0.3) is 0 Å². The number of hydrogen-bond acceptors (Lipinski definition) is 4. The van der Waals surface area contributed by atoms with Gasteiger partial charge < -0.3 is 14.6 Å². The summed E-state index contributed by atoms with van der Waals surface area (Å²) in [5, 5.41) is 8.38. The average molecular weight is 350 g/mol. The van der Waals surface area contributed by atoms with Crippen molar-refractivity contribution in [3.8, 4) is 5.75 Å². The Kier molecular flexibility index (Phi) is 5.76. The first kappa shape index (κ1) is 16.4. The average Bonchev–Trinajstić information content (AvgIpc) is 2.87. The van der Waals surface area contributed by atoms with Crippen molar-refractivity contribution in [2.45, 2.75) is 33.0 Å². The number of nitrogens with zero attached hydrogens (tertiary/aromatic N) is 1. The lowest BCUT2D eigenvalue weighted by Gasteiger charge is -2.07. The van der Waals surface area contributed by atoms with E-state index in [0.717, 1.165) is 5.69 Å². The van der Waals surface area contributed by atoms with E-state index in [9.17, 15) is 0 Å². The van der Waals surface area contributed by atoms with Crippen molar-refractivity contribution >= 4 is 34.8 Å². The molecule has 114 valence electrons. The largest absolute Gasteiger partial charge is 0.484 e. The van der Waals surface area contributed by atoms with Gasteiger partial charge in [0.1, 0.15) is 12.4 Å². The summed E-state index contributed by atoms with van der Waals surface area (Å²) in [6.45, 7) is 4.99. The maximum Gasteiger partial charge on any atom is 0.174 e. The predicted molar refractivity (Wildman–Crippen MR) is 84.3 cm³/mol. The molecule has 1 aromatic heterocycles. The van der Waals surface area contributed by atoms with Crippen LogP contribution in [0.3, 0.4) is 0 Å². The molecular formula is C14H15Cl3N2O2. The minimum Gasteiger partial charge on any atom is -0.484 e. The Labute approximate surface area is 138 Å². The summed E-state index contributed by atoms with van der Waals surface area (Å²) in [7, 11) is 0. The molecule has 0 saturated carbocycles. The van der Waals surface area contributed by atoms with E-state index in [1.807, 2.05) is 6.07 Å². The molecule has 1 aromatic carbocycles. The number of nitrogens with one attached hydrogen (secondary N) is 1. The predicted octanol–water partition coefficient (Wildman–Crippen LogP) is 4.71. The van der Waals surface area contributed by atoms with Crippen LogP contribution >= 0.6 is 34.8 Å². The molecule has 0 bridgehead atoms. The van der Waals surface area contributed by atoms with Gasteiger partial charge in [-0.3, -0.25) is 0 Å². The normalized spacial score (nSPS) is 11.1. The molecule has 21 heavy (non-hydrogen) atoms. The zero-order valence-electron chi connectivity index (χ0n) is 11.6. The highest BCUT2D eigenvalue weighted by molar-refractivity contribution is 6.43. The van der Waals surface area contributed by atoms with Gasteiger partial charge in [0.05, 0.1) is 20.8 Å². The van der Waals surface area contributed by atoms with E-state index < -0.39 is 0 Å². The summed E-state index contributed by atoms with van der Waals surface area (Å²) in [6.07, 6.45) is 0.